The van der Waals surface area contributed by atoms with E-state index in [1.807, 2.05) is 67.6 Å². The molecule has 5 rings (SSSR count). The van der Waals surface area contributed by atoms with Gasteiger partial charge in [-0.05, 0) is 54.3 Å². The van der Waals surface area contributed by atoms with Crippen LogP contribution in [0.2, 0.25) is 0 Å². The lowest BCUT2D eigenvalue weighted by Crippen LogP contribution is -2.36. The molecule has 174 valence electrons. The fourth-order valence-electron chi connectivity index (χ4n) is 4.83. The SMILES string of the molecule is CCOc1ccc(C2/C(=C(/O)c3ccc4ccccc4c3)C(=O)C(=O)N2CC2CCCO2)cc1. The Balaban J connectivity index is 1.61. The zero-order chi connectivity index (χ0) is 23.7. The summed E-state index contributed by atoms with van der Waals surface area (Å²) in [6.45, 7) is 3.41. The third-order valence-corrected chi connectivity index (χ3v) is 6.49. The summed E-state index contributed by atoms with van der Waals surface area (Å²) >= 11 is 0. The number of aliphatic hydroxyl groups excluding tert-OH is 1. The van der Waals surface area contributed by atoms with E-state index in [0.717, 1.165) is 29.2 Å². The molecule has 0 bridgehead atoms. The Hall–Kier alpha value is -3.64. The fraction of sp³-hybridized carbons (Fsp3) is 0.286. The van der Waals surface area contributed by atoms with Gasteiger partial charge < -0.3 is 19.5 Å². The third kappa shape index (κ3) is 4.05. The summed E-state index contributed by atoms with van der Waals surface area (Å²) in [5.41, 5.74) is 1.34. The van der Waals surface area contributed by atoms with E-state index >= 15 is 0 Å². The predicted octanol–water partition coefficient (Wildman–Crippen LogP) is 4.84. The van der Waals surface area contributed by atoms with Gasteiger partial charge in [0.05, 0.1) is 24.3 Å². The number of rotatable bonds is 6. The summed E-state index contributed by atoms with van der Waals surface area (Å²) in [7, 11) is 0. The molecule has 34 heavy (non-hydrogen) atoms. The van der Waals surface area contributed by atoms with Crippen LogP contribution in [-0.2, 0) is 14.3 Å². The van der Waals surface area contributed by atoms with Gasteiger partial charge in [0.2, 0.25) is 0 Å². The molecule has 6 heteroatoms. The number of fused-ring (bicyclic) bond motifs is 1. The maximum absolute atomic E-state index is 13.2. The minimum absolute atomic E-state index is 0.0995. The number of carbonyl (C=O) groups is 2. The van der Waals surface area contributed by atoms with Gasteiger partial charge >= 0.3 is 0 Å². The summed E-state index contributed by atoms with van der Waals surface area (Å²) in [4.78, 5) is 27.9. The van der Waals surface area contributed by atoms with Crippen LogP contribution in [0.3, 0.4) is 0 Å². The number of aliphatic hydroxyl groups is 1. The molecule has 2 aliphatic rings. The molecule has 0 spiro atoms. The number of likely N-dealkylation sites (tertiary alicyclic amines) is 1. The first-order valence-corrected chi connectivity index (χ1v) is 11.7. The Kier molecular flexibility index (Phi) is 6.07. The smallest absolute Gasteiger partial charge is 0.295 e. The number of hydrogen-bond acceptors (Lipinski definition) is 5. The summed E-state index contributed by atoms with van der Waals surface area (Å²) in [6.07, 6.45) is 1.65. The minimum Gasteiger partial charge on any atom is -0.507 e. The van der Waals surface area contributed by atoms with Crippen LogP contribution in [0.5, 0.6) is 5.75 Å². The molecule has 2 aliphatic heterocycles. The molecule has 0 aromatic heterocycles. The van der Waals surface area contributed by atoms with Crippen LogP contribution < -0.4 is 4.74 Å². The van der Waals surface area contributed by atoms with Crippen molar-refractivity contribution < 1.29 is 24.2 Å². The average molecular weight is 458 g/mol. The normalized spacial score (nSPS) is 22.0. The zero-order valence-corrected chi connectivity index (χ0v) is 19.1. The lowest BCUT2D eigenvalue weighted by atomic mass is 9.94. The molecule has 3 aromatic carbocycles. The van der Waals surface area contributed by atoms with Crippen LogP contribution in [0, 0.1) is 0 Å². The first-order valence-electron chi connectivity index (χ1n) is 11.7. The van der Waals surface area contributed by atoms with Gasteiger partial charge in [-0.2, -0.15) is 0 Å². The molecular formula is C28H27NO5. The van der Waals surface area contributed by atoms with Crippen molar-refractivity contribution in [1.82, 2.24) is 4.90 Å². The standard InChI is InChI=1S/C28H27NO5/c1-2-33-22-13-11-19(12-14-22)25-24(27(31)28(32)29(25)17-23-8-5-15-34-23)26(30)21-10-9-18-6-3-4-7-20(18)16-21/h3-4,6-7,9-14,16,23,25,30H,2,5,8,15,17H2,1H3/b26-24-. The molecule has 2 heterocycles. The number of ketones is 1. The van der Waals surface area contributed by atoms with Crippen LogP contribution in [0.4, 0.5) is 0 Å². The summed E-state index contributed by atoms with van der Waals surface area (Å²) in [6, 6.07) is 20.0. The van der Waals surface area contributed by atoms with Crippen LogP contribution in [0.1, 0.15) is 36.9 Å². The Morgan fingerprint density at radius 2 is 1.82 bits per heavy atom. The molecule has 1 N–H and O–H groups in total. The van der Waals surface area contributed by atoms with E-state index < -0.39 is 17.7 Å². The number of carbonyl (C=O) groups excluding carboxylic acids is 2. The van der Waals surface area contributed by atoms with Gasteiger partial charge in [0.15, 0.2) is 0 Å². The number of nitrogens with zero attached hydrogens (tertiary/aromatic N) is 1. The van der Waals surface area contributed by atoms with Crippen LogP contribution >= 0.6 is 0 Å². The summed E-state index contributed by atoms with van der Waals surface area (Å²) < 4.78 is 11.3. The van der Waals surface area contributed by atoms with Crippen molar-refractivity contribution in [2.24, 2.45) is 0 Å². The second-order valence-corrected chi connectivity index (χ2v) is 8.65. The van der Waals surface area contributed by atoms with Gasteiger partial charge in [0.25, 0.3) is 11.7 Å². The highest BCUT2D eigenvalue weighted by Gasteiger charge is 2.47. The first-order chi connectivity index (χ1) is 16.6. The largest absolute Gasteiger partial charge is 0.507 e. The minimum atomic E-state index is -0.702. The Morgan fingerprint density at radius 3 is 2.53 bits per heavy atom. The van der Waals surface area contributed by atoms with Gasteiger partial charge in [0.1, 0.15) is 11.5 Å². The maximum Gasteiger partial charge on any atom is 0.295 e. The molecule has 2 unspecified atom stereocenters. The number of ether oxygens (including phenoxy) is 2. The molecule has 0 saturated carbocycles. The number of Topliss-reactive ketones (excluding diaryl/α,β-unsaturated/α-hetero) is 1. The predicted molar refractivity (Wildman–Crippen MR) is 130 cm³/mol. The molecule has 0 aliphatic carbocycles. The van der Waals surface area contributed by atoms with E-state index in [9.17, 15) is 14.7 Å². The van der Waals surface area contributed by atoms with Crippen molar-refractivity contribution in [3.05, 3.63) is 83.4 Å². The molecule has 3 aromatic rings. The van der Waals surface area contributed by atoms with Gasteiger partial charge in [-0.25, -0.2) is 0 Å². The second-order valence-electron chi connectivity index (χ2n) is 8.65. The number of benzene rings is 3. The van der Waals surface area contributed by atoms with Crippen molar-refractivity contribution in [3.63, 3.8) is 0 Å². The zero-order valence-electron chi connectivity index (χ0n) is 19.1. The van der Waals surface area contributed by atoms with Crippen molar-refractivity contribution in [2.45, 2.75) is 31.9 Å². The first kappa shape index (κ1) is 22.2. The molecular weight excluding hydrogens is 430 g/mol. The lowest BCUT2D eigenvalue weighted by Gasteiger charge is -2.27. The number of amides is 1. The average Bonchev–Trinajstić information content (AvgIpc) is 3.46. The van der Waals surface area contributed by atoms with Gasteiger partial charge in [-0.3, -0.25) is 9.59 Å². The molecule has 0 radical (unpaired) electrons. The van der Waals surface area contributed by atoms with Gasteiger partial charge in [-0.1, -0.05) is 48.5 Å². The molecule has 2 atom stereocenters. The highest BCUT2D eigenvalue weighted by atomic mass is 16.5. The second kappa shape index (κ2) is 9.31. The van der Waals surface area contributed by atoms with E-state index in [0.29, 0.717) is 31.1 Å². The monoisotopic (exact) mass is 457 g/mol. The highest BCUT2D eigenvalue weighted by molar-refractivity contribution is 6.46. The fourth-order valence-corrected chi connectivity index (χ4v) is 4.83. The van der Waals surface area contributed by atoms with E-state index in [2.05, 4.69) is 0 Å². The van der Waals surface area contributed by atoms with Crippen molar-refractivity contribution in [2.75, 3.05) is 19.8 Å². The Bertz CT molecular complexity index is 1260. The summed E-state index contributed by atoms with van der Waals surface area (Å²) in [5, 5.41) is 13.3. The van der Waals surface area contributed by atoms with Crippen LogP contribution in [0.15, 0.2) is 72.3 Å². The third-order valence-electron chi connectivity index (χ3n) is 6.49. The Labute approximate surface area is 198 Å². The van der Waals surface area contributed by atoms with E-state index in [-0.39, 0.29) is 17.4 Å². The highest BCUT2D eigenvalue weighted by Crippen LogP contribution is 2.40. The maximum atomic E-state index is 13.2. The molecule has 6 nitrogen and oxygen atoms in total. The van der Waals surface area contributed by atoms with Crippen molar-refractivity contribution in [1.29, 1.82) is 0 Å². The topological polar surface area (TPSA) is 76.1 Å². The van der Waals surface area contributed by atoms with Crippen LogP contribution in [-0.4, -0.2) is 47.6 Å². The molecule has 1 amide bonds. The van der Waals surface area contributed by atoms with Gasteiger partial charge in [0, 0.05) is 18.7 Å². The summed E-state index contributed by atoms with van der Waals surface area (Å²) in [5.74, 6) is -0.756. The Morgan fingerprint density at radius 1 is 1.06 bits per heavy atom. The van der Waals surface area contributed by atoms with Crippen molar-refractivity contribution >= 4 is 28.2 Å². The lowest BCUT2D eigenvalue weighted by molar-refractivity contribution is -0.140. The van der Waals surface area contributed by atoms with E-state index in [1.165, 1.54) is 0 Å². The molecule has 2 saturated heterocycles. The van der Waals surface area contributed by atoms with Gasteiger partial charge in [-0.15, -0.1) is 0 Å². The van der Waals surface area contributed by atoms with E-state index in [4.69, 9.17) is 9.47 Å². The number of hydrogen-bond donors (Lipinski definition) is 1. The van der Waals surface area contributed by atoms with E-state index in [1.54, 1.807) is 11.0 Å². The molecule has 2 fully saturated rings. The van der Waals surface area contributed by atoms with Crippen molar-refractivity contribution in [3.8, 4) is 5.75 Å². The quantitative estimate of drug-likeness (QED) is 0.326. The van der Waals surface area contributed by atoms with Crippen LogP contribution in [0.25, 0.3) is 16.5 Å².